The second kappa shape index (κ2) is 10.5. The SMILES string of the molecule is CCCn1c(N)c(C(=O)COC(=O)c2ccc(Cl)c(S(=O)(=O)N3CCc4ccccc43)c2)c(=O)n(C)c1=O. The lowest BCUT2D eigenvalue weighted by Gasteiger charge is -2.20. The number of hydrogen-bond acceptors (Lipinski definition) is 8. The minimum Gasteiger partial charge on any atom is -0.454 e. The Kier molecular flexibility index (Phi) is 7.47. The van der Waals surface area contributed by atoms with Gasteiger partial charge in [-0.1, -0.05) is 36.7 Å². The molecule has 0 amide bonds. The van der Waals surface area contributed by atoms with Gasteiger partial charge >= 0.3 is 11.7 Å². The van der Waals surface area contributed by atoms with Crippen molar-refractivity contribution in [2.24, 2.45) is 7.05 Å². The van der Waals surface area contributed by atoms with Gasteiger partial charge in [-0.15, -0.1) is 0 Å². The molecule has 0 unspecified atom stereocenters. The fraction of sp³-hybridized carbons (Fsp3) is 0.280. The molecule has 0 saturated carbocycles. The number of nitrogen functional groups attached to an aromatic ring is 1. The van der Waals surface area contributed by atoms with Gasteiger partial charge in [-0.25, -0.2) is 18.0 Å². The molecular formula is C25H25ClN4O7S. The number of aromatic nitrogens is 2. The summed E-state index contributed by atoms with van der Waals surface area (Å²) in [5.74, 6) is -2.23. The molecule has 13 heteroatoms. The van der Waals surface area contributed by atoms with Gasteiger partial charge in [0, 0.05) is 20.1 Å². The van der Waals surface area contributed by atoms with Crippen molar-refractivity contribution in [1.82, 2.24) is 9.13 Å². The minimum atomic E-state index is -4.11. The maximum absolute atomic E-state index is 13.4. The molecule has 1 aliphatic rings. The average Bonchev–Trinajstić information content (AvgIpc) is 3.34. The Hall–Kier alpha value is -3.90. The van der Waals surface area contributed by atoms with Crippen molar-refractivity contribution in [2.45, 2.75) is 31.2 Å². The molecule has 2 aromatic carbocycles. The van der Waals surface area contributed by atoms with Crippen LogP contribution in [0.4, 0.5) is 11.5 Å². The molecule has 2 heterocycles. The lowest BCUT2D eigenvalue weighted by molar-refractivity contribution is 0.0474. The number of fused-ring (bicyclic) bond motifs is 1. The summed E-state index contributed by atoms with van der Waals surface area (Å²) in [7, 11) is -2.89. The zero-order chi connectivity index (χ0) is 27.8. The third kappa shape index (κ3) is 4.72. The van der Waals surface area contributed by atoms with E-state index in [4.69, 9.17) is 22.1 Å². The van der Waals surface area contributed by atoms with Gasteiger partial charge in [0.25, 0.3) is 15.6 Å². The molecule has 0 radical (unpaired) electrons. The van der Waals surface area contributed by atoms with Gasteiger partial charge in [0.1, 0.15) is 16.3 Å². The summed E-state index contributed by atoms with van der Waals surface area (Å²) in [5, 5.41) is -0.0866. The van der Waals surface area contributed by atoms with E-state index >= 15 is 0 Å². The van der Waals surface area contributed by atoms with E-state index in [1.54, 1.807) is 19.1 Å². The summed E-state index contributed by atoms with van der Waals surface area (Å²) in [6.45, 7) is 1.34. The van der Waals surface area contributed by atoms with Gasteiger partial charge in [-0.2, -0.15) is 0 Å². The number of carbonyl (C=O) groups is 2. The quantitative estimate of drug-likeness (QED) is 0.324. The maximum atomic E-state index is 13.4. The Balaban J connectivity index is 1.58. The predicted octanol–water partition coefficient (Wildman–Crippen LogP) is 1.98. The number of carbonyl (C=O) groups excluding carboxylic acids is 2. The number of ether oxygens (including phenoxy) is 1. The predicted molar refractivity (Wildman–Crippen MR) is 141 cm³/mol. The van der Waals surface area contributed by atoms with E-state index in [2.05, 4.69) is 0 Å². The topological polar surface area (TPSA) is 151 Å². The first kappa shape index (κ1) is 27.1. The molecule has 2 N–H and O–H groups in total. The highest BCUT2D eigenvalue weighted by Gasteiger charge is 2.33. The molecule has 38 heavy (non-hydrogen) atoms. The van der Waals surface area contributed by atoms with Crippen LogP contribution in [0.3, 0.4) is 0 Å². The molecule has 0 spiro atoms. The number of esters is 1. The number of rotatable bonds is 8. The summed E-state index contributed by atoms with van der Waals surface area (Å²) in [5.41, 5.74) is 5.13. The van der Waals surface area contributed by atoms with Crippen molar-refractivity contribution in [3.63, 3.8) is 0 Å². The van der Waals surface area contributed by atoms with Crippen molar-refractivity contribution in [1.29, 1.82) is 0 Å². The van der Waals surface area contributed by atoms with Gasteiger partial charge in [-0.3, -0.25) is 23.0 Å². The van der Waals surface area contributed by atoms with Gasteiger partial charge < -0.3 is 10.5 Å². The Morgan fingerprint density at radius 2 is 1.84 bits per heavy atom. The molecule has 4 rings (SSSR count). The van der Waals surface area contributed by atoms with Crippen LogP contribution in [-0.4, -0.2) is 42.5 Å². The summed E-state index contributed by atoms with van der Waals surface area (Å²) >= 11 is 6.21. The van der Waals surface area contributed by atoms with Crippen LogP contribution in [0.5, 0.6) is 0 Å². The first-order valence-corrected chi connectivity index (χ1v) is 13.5. The molecular weight excluding hydrogens is 536 g/mol. The van der Waals surface area contributed by atoms with Crippen LogP contribution in [0.1, 0.15) is 39.6 Å². The van der Waals surface area contributed by atoms with Crippen molar-refractivity contribution in [3.8, 4) is 0 Å². The summed E-state index contributed by atoms with van der Waals surface area (Å²) in [4.78, 5) is 50.1. The van der Waals surface area contributed by atoms with Crippen molar-refractivity contribution < 1.29 is 22.7 Å². The molecule has 200 valence electrons. The highest BCUT2D eigenvalue weighted by atomic mass is 35.5. The number of Topliss-reactive ketones (excluding diaryl/α,β-unsaturated/α-hetero) is 1. The summed E-state index contributed by atoms with van der Waals surface area (Å²) in [6.07, 6.45) is 1.06. The van der Waals surface area contributed by atoms with Crippen LogP contribution in [0, 0.1) is 0 Å². The largest absolute Gasteiger partial charge is 0.454 e. The number of nitrogens with zero attached hydrogens (tertiary/aromatic N) is 3. The third-order valence-corrected chi connectivity index (χ3v) is 8.52. The number of halogens is 1. The molecule has 11 nitrogen and oxygen atoms in total. The van der Waals surface area contributed by atoms with Crippen LogP contribution in [0.2, 0.25) is 5.02 Å². The van der Waals surface area contributed by atoms with Crippen molar-refractivity contribution in [2.75, 3.05) is 23.2 Å². The highest BCUT2D eigenvalue weighted by molar-refractivity contribution is 7.93. The van der Waals surface area contributed by atoms with Crippen LogP contribution in [-0.2, 0) is 34.8 Å². The number of sulfonamides is 1. The van der Waals surface area contributed by atoms with Crippen molar-refractivity contribution >= 4 is 44.9 Å². The fourth-order valence-corrected chi connectivity index (χ4v) is 6.28. The molecule has 0 atom stereocenters. The standard InChI is InChI=1S/C25H25ClN4O7S/c1-3-11-29-22(27)21(23(32)28(2)25(29)34)19(31)14-37-24(33)16-8-9-17(26)20(13-16)38(35,36)30-12-10-15-6-4-5-7-18(15)30/h4-9,13H,3,10-12,14,27H2,1-2H3. The molecule has 1 aromatic heterocycles. The number of anilines is 2. The van der Waals surface area contributed by atoms with E-state index in [1.165, 1.54) is 23.5 Å². The molecule has 0 fully saturated rings. The normalized spacial score (nSPS) is 12.9. The number of nitrogens with two attached hydrogens (primary N) is 1. The first-order chi connectivity index (χ1) is 18.0. The van der Waals surface area contributed by atoms with E-state index in [0.717, 1.165) is 20.8 Å². The van der Waals surface area contributed by atoms with Crippen LogP contribution in [0.25, 0.3) is 0 Å². The number of para-hydroxylation sites is 1. The molecule has 0 bridgehead atoms. The second-order valence-electron chi connectivity index (χ2n) is 8.66. The lowest BCUT2D eigenvalue weighted by atomic mass is 10.2. The first-order valence-electron chi connectivity index (χ1n) is 11.7. The zero-order valence-corrected chi connectivity index (χ0v) is 22.2. The Morgan fingerprint density at radius 3 is 2.55 bits per heavy atom. The third-order valence-electron chi connectivity index (χ3n) is 6.22. The second-order valence-corrected chi connectivity index (χ2v) is 10.9. The molecule has 0 saturated heterocycles. The monoisotopic (exact) mass is 560 g/mol. The van der Waals surface area contributed by atoms with Crippen molar-refractivity contribution in [3.05, 3.63) is 85.0 Å². The van der Waals surface area contributed by atoms with Gasteiger partial charge in [-0.05, 0) is 42.7 Å². The van der Waals surface area contributed by atoms with Crippen LogP contribution < -0.4 is 21.3 Å². The highest BCUT2D eigenvalue weighted by Crippen LogP contribution is 2.35. The van der Waals surface area contributed by atoms with E-state index < -0.39 is 45.2 Å². The van der Waals surface area contributed by atoms with Crippen LogP contribution >= 0.6 is 11.6 Å². The van der Waals surface area contributed by atoms with E-state index in [-0.39, 0.29) is 34.4 Å². The van der Waals surface area contributed by atoms with Gasteiger partial charge in [0.2, 0.25) is 5.78 Å². The zero-order valence-electron chi connectivity index (χ0n) is 20.6. The fourth-order valence-electron chi connectivity index (χ4n) is 4.28. The Labute approximate surface area is 223 Å². The molecule has 1 aliphatic heterocycles. The smallest absolute Gasteiger partial charge is 0.338 e. The minimum absolute atomic E-state index is 0.0866. The number of ketones is 1. The lowest BCUT2D eigenvalue weighted by Crippen LogP contribution is -2.43. The van der Waals surface area contributed by atoms with E-state index in [0.29, 0.717) is 18.5 Å². The van der Waals surface area contributed by atoms with E-state index in [1.807, 2.05) is 12.1 Å². The summed E-state index contributed by atoms with van der Waals surface area (Å²) in [6, 6.07) is 10.7. The molecule has 3 aromatic rings. The Morgan fingerprint density at radius 1 is 1.13 bits per heavy atom. The number of benzene rings is 2. The van der Waals surface area contributed by atoms with Crippen LogP contribution in [0.15, 0.2) is 56.9 Å². The van der Waals surface area contributed by atoms with E-state index in [9.17, 15) is 27.6 Å². The maximum Gasteiger partial charge on any atom is 0.338 e. The number of hydrogen-bond donors (Lipinski definition) is 1. The molecule has 0 aliphatic carbocycles. The summed E-state index contributed by atoms with van der Waals surface area (Å²) < 4.78 is 35.0. The van der Waals surface area contributed by atoms with Gasteiger partial charge in [0.15, 0.2) is 6.61 Å². The average molecular weight is 561 g/mol. The Bertz CT molecular complexity index is 1680. The van der Waals surface area contributed by atoms with Gasteiger partial charge in [0.05, 0.1) is 16.3 Å².